The molecule has 1 aliphatic carbocycles. The predicted molar refractivity (Wildman–Crippen MR) is 66.8 cm³/mol. The summed E-state index contributed by atoms with van der Waals surface area (Å²) in [5.41, 5.74) is 6.67. The molecule has 2 atom stereocenters. The van der Waals surface area contributed by atoms with Crippen LogP contribution in [0.2, 0.25) is 0 Å². The molecule has 0 amide bonds. The molecule has 1 fully saturated rings. The average molecular weight is 235 g/mol. The number of aromatic nitrogens is 2. The van der Waals surface area contributed by atoms with Gasteiger partial charge in [-0.15, -0.1) is 0 Å². The van der Waals surface area contributed by atoms with Crippen LogP contribution in [0.1, 0.15) is 49.4 Å². The van der Waals surface area contributed by atoms with Crippen molar-refractivity contribution in [2.24, 2.45) is 11.7 Å². The highest BCUT2D eigenvalue weighted by atomic mass is 16.1. The Morgan fingerprint density at radius 3 is 3.12 bits per heavy atom. The highest BCUT2D eigenvalue weighted by molar-refractivity contribution is 5.97. The van der Waals surface area contributed by atoms with E-state index in [9.17, 15) is 4.79 Å². The minimum Gasteiger partial charge on any atom is -0.328 e. The van der Waals surface area contributed by atoms with Crippen LogP contribution in [-0.4, -0.2) is 21.6 Å². The molecule has 1 aromatic heterocycles. The number of hydrogen-bond donors (Lipinski definition) is 1. The van der Waals surface area contributed by atoms with Crippen LogP contribution < -0.4 is 5.73 Å². The van der Waals surface area contributed by atoms with Crippen molar-refractivity contribution in [1.29, 1.82) is 0 Å². The summed E-state index contributed by atoms with van der Waals surface area (Å²) in [6, 6.07) is 0.198. The van der Waals surface area contributed by atoms with Gasteiger partial charge in [-0.25, -0.2) is 0 Å². The van der Waals surface area contributed by atoms with E-state index >= 15 is 0 Å². The molecule has 17 heavy (non-hydrogen) atoms. The molecule has 1 saturated carbocycles. The SMILES string of the molecule is CCCn1cc(C(=O)C2CCCC(N)C2)cn1. The summed E-state index contributed by atoms with van der Waals surface area (Å²) >= 11 is 0. The van der Waals surface area contributed by atoms with Gasteiger partial charge in [-0.05, 0) is 25.7 Å². The van der Waals surface area contributed by atoms with Gasteiger partial charge in [-0.3, -0.25) is 9.48 Å². The molecule has 1 heterocycles. The second-order valence-electron chi connectivity index (χ2n) is 4.98. The fourth-order valence-corrected chi connectivity index (χ4v) is 2.54. The molecular weight excluding hydrogens is 214 g/mol. The van der Waals surface area contributed by atoms with Gasteiger partial charge in [-0.1, -0.05) is 13.3 Å². The maximum atomic E-state index is 12.3. The maximum absolute atomic E-state index is 12.3. The third kappa shape index (κ3) is 2.94. The minimum absolute atomic E-state index is 0.109. The summed E-state index contributed by atoms with van der Waals surface area (Å²) in [5, 5.41) is 4.21. The molecular formula is C13H21N3O. The van der Waals surface area contributed by atoms with Crippen molar-refractivity contribution >= 4 is 5.78 Å². The van der Waals surface area contributed by atoms with E-state index in [4.69, 9.17) is 5.73 Å². The number of ketones is 1. The Balaban J connectivity index is 2.02. The van der Waals surface area contributed by atoms with Gasteiger partial charge in [0.1, 0.15) is 0 Å². The summed E-state index contributed by atoms with van der Waals surface area (Å²) in [4.78, 5) is 12.3. The van der Waals surface area contributed by atoms with Gasteiger partial charge in [0.05, 0.1) is 11.8 Å². The van der Waals surface area contributed by atoms with E-state index in [1.165, 1.54) is 0 Å². The van der Waals surface area contributed by atoms with Crippen molar-refractivity contribution in [1.82, 2.24) is 9.78 Å². The Labute approximate surface area is 102 Å². The summed E-state index contributed by atoms with van der Waals surface area (Å²) in [5.74, 6) is 0.334. The monoisotopic (exact) mass is 235 g/mol. The van der Waals surface area contributed by atoms with Gasteiger partial charge in [0.15, 0.2) is 5.78 Å². The summed E-state index contributed by atoms with van der Waals surface area (Å²) < 4.78 is 1.84. The zero-order chi connectivity index (χ0) is 12.3. The average Bonchev–Trinajstić information content (AvgIpc) is 2.77. The Hall–Kier alpha value is -1.16. The second kappa shape index (κ2) is 5.45. The van der Waals surface area contributed by atoms with E-state index in [-0.39, 0.29) is 17.7 Å². The Kier molecular flexibility index (Phi) is 3.94. The third-order valence-electron chi connectivity index (χ3n) is 3.46. The summed E-state index contributed by atoms with van der Waals surface area (Å²) in [6.45, 7) is 2.97. The lowest BCUT2D eigenvalue weighted by Crippen LogP contribution is -2.31. The molecule has 0 radical (unpaired) electrons. The Bertz CT molecular complexity index is 386. The predicted octanol–water partition coefficient (Wildman–Crippen LogP) is 1.99. The van der Waals surface area contributed by atoms with E-state index in [1.54, 1.807) is 6.20 Å². The molecule has 2 unspecified atom stereocenters. The first-order chi connectivity index (χ1) is 8.20. The number of hydrogen-bond acceptors (Lipinski definition) is 3. The fraction of sp³-hybridized carbons (Fsp3) is 0.692. The molecule has 0 bridgehead atoms. The second-order valence-corrected chi connectivity index (χ2v) is 4.98. The quantitative estimate of drug-likeness (QED) is 0.812. The molecule has 4 heteroatoms. The third-order valence-corrected chi connectivity index (χ3v) is 3.46. The van der Waals surface area contributed by atoms with Crippen LogP contribution in [0.4, 0.5) is 0 Å². The fourth-order valence-electron chi connectivity index (χ4n) is 2.54. The van der Waals surface area contributed by atoms with Crippen LogP contribution in [0.15, 0.2) is 12.4 Å². The van der Waals surface area contributed by atoms with Gasteiger partial charge in [0, 0.05) is 24.7 Å². The lowest BCUT2D eigenvalue weighted by atomic mass is 9.82. The van der Waals surface area contributed by atoms with Crippen LogP contribution in [-0.2, 0) is 6.54 Å². The standard InChI is InChI=1S/C13H21N3O/c1-2-6-16-9-11(8-15-16)13(17)10-4-3-5-12(14)7-10/h8-10,12H,2-7,14H2,1H3. The van der Waals surface area contributed by atoms with Crippen LogP contribution in [0.5, 0.6) is 0 Å². The summed E-state index contributed by atoms with van der Waals surface area (Å²) in [7, 11) is 0. The van der Waals surface area contributed by atoms with Crippen molar-refractivity contribution in [2.45, 2.75) is 51.6 Å². The maximum Gasteiger partial charge on any atom is 0.169 e. The molecule has 0 spiro atoms. The lowest BCUT2D eigenvalue weighted by Gasteiger charge is -2.24. The van der Waals surface area contributed by atoms with Crippen LogP contribution in [0, 0.1) is 5.92 Å². The normalized spacial score (nSPS) is 24.8. The molecule has 1 aromatic rings. The number of rotatable bonds is 4. The van der Waals surface area contributed by atoms with Crippen molar-refractivity contribution in [3.05, 3.63) is 18.0 Å². The molecule has 2 N–H and O–H groups in total. The first-order valence-electron chi connectivity index (χ1n) is 6.53. The topological polar surface area (TPSA) is 60.9 Å². The number of nitrogens with two attached hydrogens (primary N) is 1. The van der Waals surface area contributed by atoms with Crippen LogP contribution in [0.25, 0.3) is 0 Å². The van der Waals surface area contributed by atoms with Gasteiger partial charge in [-0.2, -0.15) is 5.10 Å². The molecule has 0 saturated heterocycles. The summed E-state index contributed by atoms with van der Waals surface area (Å²) in [6.07, 6.45) is 8.52. The number of nitrogens with zero attached hydrogens (tertiary/aromatic N) is 2. The highest BCUT2D eigenvalue weighted by Crippen LogP contribution is 2.26. The van der Waals surface area contributed by atoms with Gasteiger partial charge in [0.25, 0.3) is 0 Å². The molecule has 0 aromatic carbocycles. The first-order valence-corrected chi connectivity index (χ1v) is 6.53. The molecule has 2 rings (SSSR count). The Morgan fingerprint density at radius 2 is 2.41 bits per heavy atom. The van der Waals surface area contributed by atoms with Gasteiger partial charge >= 0.3 is 0 Å². The van der Waals surface area contributed by atoms with Crippen LogP contribution in [0.3, 0.4) is 0 Å². The van der Waals surface area contributed by atoms with E-state index < -0.39 is 0 Å². The zero-order valence-electron chi connectivity index (χ0n) is 10.4. The first kappa shape index (κ1) is 12.3. The van der Waals surface area contributed by atoms with Crippen LogP contribution >= 0.6 is 0 Å². The van der Waals surface area contributed by atoms with Gasteiger partial charge < -0.3 is 5.73 Å². The highest BCUT2D eigenvalue weighted by Gasteiger charge is 2.26. The van der Waals surface area contributed by atoms with Crippen molar-refractivity contribution in [2.75, 3.05) is 0 Å². The zero-order valence-corrected chi connectivity index (χ0v) is 10.4. The van der Waals surface area contributed by atoms with E-state index in [0.29, 0.717) is 0 Å². The lowest BCUT2D eigenvalue weighted by molar-refractivity contribution is 0.0881. The number of carbonyl (C=O) groups excluding carboxylic acids is 1. The van der Waals surface area contributed by atoms with Crippen molar-refractivity contribution < 1.29 is 4.79 Å². The van der Waals surface area contributed by atoms with Crippen molar-refractivity contribution in [3.63, 3.8) is 0 Å². The van der Waals surface area contributed by atoms with E-state index in [2.05, 4.69) is 12.0 Å². The largest absolute Gasteiger partial charge is 0.328 e. The number of Topliss-reactive ketones (excluding diaryl/α,β-unsaturated/α-hetero) is 1. The molecule has 0 aliphatic heterocycles. The van der Waals surface area contributed by atoms with E-state index in [1.807, 2.05) is 10.9 Å². The molecule has 1 aliphatic rings. The van der Waals surface area contributed by atoms with E-state index in [0.717, 1.165) is 44.2 Å². The van der Waals surface area contributed by atoms with Crippen molar-refractivity contribution in [3.8, 4) is 0 Å². The Morgan fingerprint density at radius 1 is 1.59 bits per heavy atom. The minimum atomic E-state index is 0.109. The number of carbonyl (C=O) groups is 1. The molecule has 4 nitrogen and oxygen atoms in total. The smallest absolute Gasteiger partial charge is 0.169 e. The number of aryl methyl sites for hydroxylation is 1. The van der Waals surface area contributed by atoms with Gasteiger partial charge in [0.2, 0.25) is 0 Å². The molecule has 94 valence electrons.